The summed E-state index contributed by atoms with van der Waals surface area (Å²) in [6.45, 7) is 2.79. The standard InChI is InChI=1S/C22H23F2NO4S/c1-13(22(28)29)25-20(16-6-4-3-5-7-16)21(27)17(12-30-14(2)26)8-15-9-18(23)11-19(24)10-15/h3-7,9-11,13,17,20,25H,8,12H2,1-2H3,(H,28,29)/t13?,17-,20?/m1/s1. The molecule has 0 fully saturated rings. The molecule has 0 radical (unpaired) electrons. The van der Waals surface area contributed by atoms with Crippen molar-refractivity contribution in [2.45, 2.75) is 32.4 Å². The lowest BCUT2D eigenvalue weighted by Crippen LogP contribution is -2.42. The van der Waals surface area contributed by atoms with Gasteiger partial charge in [0.1, 0.15) is 17.7 Å². The van der Waals surface area contributed by atoms with Gasteiger partial charge in [0.05, 0.1) is 6.04 Å². The summed E-state index contributed by atoms with van der Waals surface area (Å²) in [5.41, 5.74) is 0.854. The van der Waals surface area contributed by atoms with E-state index in [2.05, 4.69) is 5.32 Å². The van der Waals surface area contributed by atoms with Crippen molar-refractivity contribution in [2.24, 2.45) is 5.92 Å². The van der Waals surface area contributed by atoms with Gasteiger partial charge in [0, 0.05) is 24.7 Å². The van der Waals surface area contributed by atoms with Crippen molar-refractivity contribution in [3.8, 4) is 0 Å². The van der Waals surface area contributed by atoms with Gasteiger partial charge in [-0.15, -0.1) is 0 Å². The number of hydrogen-bond donors (Lipinski definition) is 2. The Balaban J connectivity index is 2.37. The van der Waals surface area contributed by atoms with Crippen LogP contribution in [0.2, 0.25) is 0 Å². The Morgan fingerprint density at radius 1 is 1.07 bits per heavy atom. The van der Waals surface area contributed by atoms with E-state index in [9.17, 15) is 28.3 Å². The molecule has 5 nitrogen and oxygen atoms in total. The largest absolute Gasteiger partial charge is 0.480 e. The van der Waals surface area contributed by atoms with E-state index >= 15 is 0 Å². The molecule has 2 unspecified atom stereocenters. The summed E-state index contributed by atoms with van der Waals surface area (Å²) in [6.07, 6.45) is 0.0141. The SMILES string of the molecule is CC(=O)SC[C@@H](Cc1cc(F)cc(F)c1)C(=O)C(NC(C)C(=O)O)c1ccccc1. The number of rotatable bonds is 10. The first-order valence-corrected chi connectivity index (χ1v) is 10.3. The maximum Gasteiger partial charge on any atom is 0.320 e. The van der Waals surface area contributed by atoms with Gasteiger partial charge in [-0.1, -0.05) is 42.1 Å². The lowest BCUT2D eigenvalue weighted by molar-refractivity contribution is -0.139. The predicted molar refractivity (Wildman–Crippen MR) is 111 cm³/mol. The van der Waals surface area contributed by atoms with Crippen LogP contribution in [0.15, 0.2) is 48.5 Å². The van der Waals surface area contributed by atoms with Gasteiger partial charge in [-0.25, -0.2) is 8.78 Å². The highest BCUT2D eigenvalue weighted by atomic mass is 32.2. The third-order valence-electron chi connectivity index (χ3n) is 4.50. The molecule has 2 rings (SSSR count). The molecule has 2 N–H and O–H groups in total. The van der Waals surface area contributed by atoms with Crippen molar-refractivity contribution < 1.29 is 28.3 Å². The molecular weight excluding hydrogens is 412 g/mol. The van der Waals surface area contributed by atoms with Crippen LogP contribution in [-0.4, -0.2) is 33.8 Å². The first-order valence-electron chi connectivity index (χ1n) is 9.33. The minimum absolute atomic E-state index is 0.0141. The lowest BCUT2D eigenvalue weighted by atomic mass is 9.89. The van der Waals surface area contributed by atoms with E-state index in [4.69, 9.17) is 0 Å². The Kier molecular flexibility index (Phi) is 8.68. The van der Waals surface area contributed by atoms with Crippen LogP contribution in [0.3, 0.4) is 0 Å². The molecule has 0 amide bonds. The minimum atomic E-state index is -1.12. The van der Waals surface area contributed by atoms with E-state index in [1.807, 2.05) is 0 Å². The molecule has 160 valence electrons. The van der Waals surface area contributed by atoms with Gasteiger partial charge in [-0.3, -0.25) is 19.7 Å². The number of Topliss-reactive ketones (excluding diaryl/α,β-unsaturated/α-hetero) is 1. The van der Waals surface area contributed by atoms with Crippen LogP contribution in [0.25, 0.3) is 0 Å². The minimum Gasteiger partial charge on any atom is -0.480 e. The Morgan fingerprint density at radius 3 is 2.20 bits per heavy atom. The van der Waals surface area contributed by atoms with Crippen molar-refractivity contribution in [3.05, 3.63) is 71.3 Å². The summed E-state index contributed by atoms with van der Waals surface area (Å²) in [7, 11) is 0. The van der Waals surface area contributed by atoms with Gasteiger partial charge in [0.25, 0.3) is 0 Å². The van der Waals surface area contributed by atoms with Gasteiger partial charge >= 0.3 is 5.97 Å². The van der Waals surface area contributed by atoms with Crippen LogP contribution in [-0.2, 0) is 20.8 Å². The summed E-state index contributed by atoms with van der Waals surface area (Å²) >= 11 is 0.942. The highest BCUT2D eigenvalue weighted by Crippen LogP contribution is 2.25. The molecule has 8 heteroatoms. The number of nitrogens with one attached hydrogen (secondary N) is 1. The van der Waals surface area contributed by atoms with Crippen LogP contribution < -0.4 is 5.32 Å². The maximum atomic E-state index is 13.6. The van der Waals surface area contributed by atoms with E-state index in [0.29, 0.717) is 5.56 Å². The van der Waals surface area contributed by atoms with Crippen molar-refractivity contribution in [1.82, 2.24) is 5.32 Å². The molecule has 0 bridgehead atoms. The number of halogens is 2. The number of ketones is 1. The van der Waals surface area contributed by atoms with Gasteiger partial charge in [0.2, 0.25) is 0 Å². The van der Waals surface area contributed by atoms with Crippen LogP contribution in [0.5, 0.6) is 0 Å². The highest BCUT2D eigenvalue weighted by molar-refractivity contribution is 8.13. The van der Waals surface area contributed by atoms with E-state index in [1.54, 1.807) is 30.3 Å². The summed E-state index contributed by atoms with van der Waals surface area (Å²) in [5, 5.41) is 11.9. The van der Waals surface area contributed by atoms with Crippen LogP contribution >= 0.6 is 11.8 Å². The van der Waals surface area contributed by atoms with Crippen molar-refractivity contribution in [3.63, 3.8) is 0 Å². The molecule has 0 aliphatic rings. The molecule has 0 saturated carbocycles. The van der Waals surface area contributed by atoms with E-state index < -0.39 is 35.6 Å². The average molecular weight is 435 g/mol. The van der Waals surface area contributed by atoms with E-state index in [1.165, 1.54) is 13.8 Å². The Labute approximate surface area is 177 Å². The molecule has 0 aliphatic carbocycles. The zero-order chi connectivity index (χ0) is 22.3. The summed E-state index contributed by atoms with van der Waals surface area (Å²) < 4.78 is 27.2. The second-order valence-electron chi connectivity index (χ2n) is 6.95. The lowest BCUT2D eigenvalue weighted by Gasteiger charge is -2.25. The normalized spacial score (nSPS) is 14.0. The molecule has 0 heterocycles. The third kappa shape index (κ3) is 7.03. The first kappa shape index (κ1) is 23.7. The number of carboxylic acid groups (broad SMARTS) is 1. The van der Waals surface area contributed by atoms with Crippen LogP contribution in [0.4, 0.5) is 8.78 Å². The predicted octanol–water partition coefficient (Wildman–Crippen LogP) is 3.78. The molecule has 0 spiro atoms. The monoisotopic (exact) mass is 435 g/mol. The topological polar surface area (TPSA) is 83.5 Å². The first-order chi connectivity index (χ1) is 14.2. The molecule has 3 atom stereocenters. The van der Waals surface area contributed by atoms with Gasteiger partial charge < -0.3 is 5.11 Å². The molecule has 2 aromatic rings. The average Bonchev–Trinajstić information content (AvgIpc) is 2.68. The van der Waals surface area contributed by atoms with Gasteiger partial charge in [-0.05, 0) is 36.6 Å². The fourth-order valence-corrected chi connectivity index (χ4v) is 3.74. The van der Waals surface area contributed by atoms with Crippen LogP contribution in [0.1, 0.15) is 31.0 Å². The summed E-state index contributed by atoms with van der Waals surface area (Å²) in [5.74, 6) is -3.64. The smallest absolute Gasteiger partial charge is 0.320 e. The number of aliphatic carboxylic acids is 1. The maximum absolute atomic E-state index is 13.6. The molecule has 0 aromatic heterocycles. The number of carbonyl (C=O) groups excluding carboxylic acids is 2. The molecule has 2 aromatic carbocycles. The highest BCUT2D eigenvalue weighted by Gasteiger charge is 2.31. The fraction of sp³-hybridized carbons (Fsp3) is 0.318. The second kappa shape index (κ2) is 11.0. The quantitative estimate of drug-likeness (QED) is 0.591. The summed E-state index contributed by atoms with van der Waals surface area (Å²) in [6, 6.07) is 9.69. The fourth-order valence-electron chi connectivity index (χ4n) is 3.02. The van der Waals surface area contributed by atoms with Crippen molar-refractivity contribution >= 4 is 28.6 Å². The van der Waals surface area contributed by atoms with Gasteiger partial charge in [-0.2, -0.15) is 0 Å². The van der Waals surface area contributed by atoms with Gasteiger partial charge in [0.15, 0.2) is 10.9 Å². The molecule has 0 aliphatic heterocycles. The zero-order valence-electron chi connectivity index (χ0n) is 16.6. The second-order valence-corrected chi connectivity index (χ2v) is 8.15. The van der Waals surface area contributed by atoms with Crippen molar-refractivity contribution in [2.75, 3.05) is 5.75 Å². The number of hydrogen-bond acceptors (Lipinski definition) is 5. The molecular formula is C22H23F2NO4S. The number of carbonyl (C=O) groups is 3. The number of thioether (sulfide) groups is 1. The Bertz CT molecular complexity index is 887. The van der Waals surface area contributed by atoms with Crippen LogP contribution in [0, 0.1) is 17.6 Å². The van der Waals surface area contributed by atoms with E-state index in [0.717, 1.165) is 30.0 Å². The number of carboxylic acids is 1. The molecule has 0 saturated heterocycles. The molecule has 30 heavy (non-hydrogen) atoms. The Hall–Kier alpha value is -2.58. The van der Waals surface area contributed by atoms with Crippen molar-refractivity contribution in [1.29, 1.82) is 0 Å². The summed E-state index contributed by atoms with van der Waals surface area (Å²) in [4.78, 5) is 36.2. The Morgan fingerprint density at radius 2 is 1.67 bits per heavy atom. The van der Waals surface area contributed by atoms with E-state index in [-0.39, 0.29) is 28.6 Å². The zero-order valence-corrected chi connectivity index (χ0v) is 17.4. The third-order valence-corrected chi connectivity index (χ3v) is 5.47. The number of benzene rings is 2.